The molecule has 7 aromatic rings. The van der Waals surface area contributed by atoms with Crippen molar-refractivity contribution in [1.82, 2.24) is 14.9 Å². The Kier molecular flexibility index (Phi) is 12.5. The summed E-state index contributed by atoms with van der Waals surface area (Å²) in [5.74, 6) is 1.61. The van der Waals surface area contributed by atoms with Gasteiger partial charge in [0.2, 0.25) is 5.96 Å². The summed E-state index contributed by atoms with van der Waals surface area (Å²) in [5.41, 5.74) is 5.85. The fourth-order valence-electron chi connectivity index (χ4n) is 8.70. The van der Waals surface area contributed by atoms with Crippen molar-refractivity contribution in [3.63, 3.8) is 0 Å². The van der Waals surface area contributed by atoms with Crippen LogP contribution in [0.2, 0.25) is 0 Å². The lowest BCUT2D eigenvalue weighted by Crippen LogP contribution is -2.51. The Balaban J connectivity index is 1.08. The Morgan fingerprint density at radius 1 is 0.661 bits per heavy atom. The molecule has 10 nitrogen and oxygen atoms in total. The molecule has 3 N–H and O–H groups in total. The average Bonchev–Trinajstić information content (AvgIpc) is 3.90. The molecule has 0 saturated heterocycles. The Hall–Kier alpha value is -6.56. The third kappa shape index (κ3) is 8.77. The van der Waals surface area contributed by atoms with E-state index in [1.54, 1.807) is 13.4 Å². The zero-order chi connectivity index (χ0) is 42.1. The van der Waals surface area contributed by atoms with Crippen molar-refractivity contribution < 1.29 is 24.1 Å². The molecule has 6 aromatic carbocycles. The van der Waals surface area contributed by atoms with E-state index in [0.29, 0.717) is 50.3 Å². The summed E-state index contributed by atoms with van der Waals surface area (Å²) >= 11 is 0. The first-order valence-corrected chi connectivity index (χ1v) is 21.1. The number of aliphatic imine (C=N–C) groups is 1. The lowest BCUT2D eigenvalue weighted by atomic mass is 9.77. The van der Waals surface area contributed by atoms with Crippen molar-refractivity contribution in [2.24, 2.45) is 10.9 Å². The largest absolute Gasteiger partial charge is 0.497 e. The number of aromatic nitrogens is 2. The number of ether oxygens (including phenoxy) is 4. The number of methoxy groups -OCH3 is 1. The Morgan fingerprint density at radius 2 is 1.18 bits per heavy atom. The molecule has 314 valence electrons. The van der Waals surface area contributed by atoms with E-state index in [0.717, 1.165) is 39.1 Å². The molecule has 2 aliphatic rings. The topological polar surface area (TPSA) is 111 Å². The molecule has 1 aliphatic heterocycles. The highest BCUT2D eigenvalue weighted by molar-refractivity contribution is 5.96. The maximum atomic E-state index is 12.3. The van der Waals surface area contributed by atoms with Crippen molar-refractivity contribution in [2.45, 2.75) is 56.3 Å². The number of rotatable bonds is 16. The second kappa shape index (κ2) is 19.0. The third-order valence-electron chi connectivity index (χ3n) is 11.9. The van der Waals surface area contributed by atoms with E-state index in [-0.39, 0.29) is 12.0 Å². The molecule has 62 heavy (non-hydrogen) atoms. The van der Waals surface area contributed by atoms with Crippen LogP contribution >= 0.6 is 0 Å². The van der Waals surface area contributed by atoms with Gasteiger partial charge in [-0.15, -0.1) is 0 Å². The smallest absolute Gasteiger partial charge is 0.201 e. The fourth-order valence-corrected chi connectivity index (χ4v) is 8.70. The fraction of sp³-hybridized carbons (Fsp3) is 0.231. The number of guanidine groups is 1. The Morgan fingerprint density at radius 3 is 1.74 bits per heavy atom. The summed E-state index contributed by atoms with van der Waals surface area (Å²) in [4.78, 5) is 10.2. The van der Waals surface area contributed by atoms with E-state index in [4.69, 9.17) is 28.9 Å². The van der Waals surface area contributed by atoms with Crippen molar-refractivity contribution in [2.75, 3.05) is 19.0 Å². The van der Waals surface area contributed by atoms with Crippen molar-refractivity contribution in [1.29, 1.82) is 0 Å². The maximum absolute atomic E-state index is 12.3. The minimum absolute atomic E-state index is 0.289. The zero-order valence-electron chi connectivity index (χ0n) is 34.7. The molecule has 1 aliphatic carbocycles. The van der Waals surface area contributed by atoms with Crippen LogP contribution in [0.4, 0.5) is 5.82 Å². The quantitative estimate of drug-likeness (QED) is 0.0828. The number of imidazole rings is 1. The molecule has 2 heterocycles. The summed E-state index contributed by atoms with van der Waals surface area (Å²) in [6.07, 6.45) is 0.455. The minimum atomic E-state index is -0.919. The summed E-state index contributed by atoms with van der Waals surface area (Å²) < 4.78 is 27.2. The van der Waals surface area contributed by atoms with E-state index >= 15 is 0 Å². The van der Waals surface area contributed by atoms with E-state index in [2.05, 4.69) is 59.2 Å². The van der Waals surface area contributed by atoms with Gasteiger partial charge in [0.25, 0.3) is 0 Å². The number of fused-ring (bicyclic) bond motifs is 1. The molecule has 5 unspecified atom stereocenters. The predicted molar refractivity (Wildman–Crippen MR) is 240 cm³/mol. The highest BCUT2D eigenvalue weighted by Gasteiger charge is 2.46. The first kappa shape index (κ1) is 40.8. The molecule has 1 fully saturated rings. The Labute approximate surface area is 362 Å². The van der Waals surface area contributed by atoms with Gasteiger partial charge in [-0.1, -0.05) is 164 Å². The molecular formula is C52H51N5O5. The number of hydrogen-bond donors (Lipinski definition) is 3. The number of nitrogens with one attached hydrogen (secondary N) is 2. The molecule has 1 saturated carbocycles. The van der Waals surface area contributed by atoms with Crippen LogP contribution in [0.1, 0.15) is 57.8 Å². The van der Waals surface area contributed by atoms with Gasteiger partial charge in [0.1, 0.15) is 22.8 Å². The van der Waals surface area contributed by atoms with E-state index in [1.807, 2.05) is 132 Å². The van der Waals surface area contributed by atoms with Crippen molar-refractivity contribution >= 4 is 11.8 Å². The van der Waals surface area contributed by atoms with Crippen LogP contribution in [0.25, 0.3) is 0 Å². The standard InChI is InChI=1S/C52H51N5O5/c1-59-43-29-27-42(28-30-43)52(40-23-13-5-14-24-40,41-25-15-6-16-26-41)56-51-54-49-47(50(55-51)62-34-39-21-11-4-12-22-39)53-36-57(49)45-31-46(61-33-38-19-9-3-10-20-38)44(48(45)58)35-60-32-37-17-7-2-8-18-37/h2-30,36,44-46,48,50,58H,31-35H2,1H3,(H2,54,55,56). The molecule has 10 heteroatoms. The second-order valence-electron chi connectivity index (χ2n) is 15.8. The first-order valence-electron chi connectivity index (χ1n) is 21.1. The first-order chi connectivity index (χ1) is 30.6. The van der Waals surface area contributed by atoms with Crippen LogP contribution in [0.15, 0.2) is 187 Å². The van der Waals surface area contributed by atoms with Crippen molar-refractivity contribution in [3.8, 4) is 5.75 Å². The van der Waals surface area contributed by atoms with Crippen molar-refractivity contribution in [3.05, 3.63) is 221 Å². The third-order valence-corrected chi connectivity index (χ3v) is 11.9. The van der Waals surface area contributed by atoms with Crippen LogP contribution < -0.4 is 15.4 Å². The van der Waals surface area contributed by atoms with Gasteiger partial charge in [-0.3, -0.25) is 0 Å². The SMILES string of the molecule is COc1ccc(C(NC2=NC(OCc3ccccc3)c3ncn(C4CC(OCc5ccccc5)C(COCc5ccccc5)C4O)c3N2)(c2ccccc2)c2ccccc2)cc1. The van der Waals surface area contributed by atoms with Crippen LogP contribution in [0, 0.1) is 5.92 Å². The number of benzene rings is 6. The van der Waals surface area contributed by atoms with Gasteiger partial charge in [0, 0.05) is 5.92 Å². The summed E-state index contributed by atoms with van der Waals surface area (Å²) in [6.45, 7) is 1.50. The molecule has 1 aromatic heterocycles. The molecule has 0 amide bonds. The van der Waals surface area contributed by atoms with Crippen LogP contribution in [-0.4, -0.2) is 46.5 Å². The maximum Gasteiger partial charge on any atom is 0.201 e. The van der Waals surface area contributed by atoms with Gasteiger partial charge in [0.05, 0.1) is 58.1 Å². The summed E-state index contributed by atoms with van der Waals surface area (Å²) in [5, 5.41) is 19.9. The van der Waals surface area contributed by atoms with Gasteiger partial charge in [0.15, 0.2) is 6.23 Å². The zero-order valence-corrected chi connectivity index (χ0v) is 34.7. The number of aliphatic hydroxyl groups excluding tert-OH is 1. The van der Waals surface area contributed by atoms with Crippen LogP contribution in [0.3, 0.4) is 0 Å². The van der Waals surface area contributed by atoms with E-state index in [9.17, 15) is 5.11 Å². The normalized spacial score (nSPS) is 19.6. The number of anilines is 1. The molecule has 5 atom stereocenters. The monoisotopic (exact) mass is 825 g/mol. The van der Waals surface area contributed by atoms with Gasteiger partial charge in [-0.25, -0.2) is 9.98 Å². The second-order valence-corrected chi connectivity index (χ2v) is 15.8. The number of hydrogen-bond acceptors (Lipinski definition) is 9. The molecule has 0 radical (unpaired) electrons. The Bertz CT molecular complexity index is 2460. The summed E-state index contributed by atoms with van der Waals surface area (Å²) in [7, 11) is 1.67. The van der Waals surface area contributed by atoms with Gasteiger partial charge in [-0.05, 0) is 51.9 Å². The van der Waals surface area contributed by atoms with Gasteiger partial charge in [-0.2, -0.15) is 0 Å². The average molecular weight is 826 g/mol. The molecule has 0 spiro atoms. The molecule has 0 bridgehead atoms. The van der Waals surface area contributed by atoms with E-state index in [1.165, 1.54) is 0 Å². The lowest BCUT2D eigenvalue weighted by molar-refractivity contribution is -0.0475. The number of aliphatic hydroxyl groups is 1. The van der Waals surface area contributed by atoms with Crippen LogP contribution in [-0.2, 0) is 39.6 Å². The summed E-state index contributed by atoms with van der Waals surface area (Å²) in [6, 6.07) is 58.7. The number of nitrogens with zero attached hydrogens (tertiary/aromatic N) is 3. The van der Waals surface area contributed by atoms with Gasteiger partial charge >= 0.3 is 0 Å². The van der Waals surface area contributed by atoms with Gasteiger partial charge < -0.3 is 39.3 Å². The van der Waals surface area contributed by atoms with E-state index < -0.39 is 23.9 Å². The predicted octanol–water partition coefficient (Wildman–Crippen LogP) is 9.19. The molecular weight excluding hydrogens is 775 g/mol. The highest BCUT2D eigenvalue weighted by atomic mass is 16.5. The highest BCUT2D eigenvalue weighted by Crippen LogP contribution is 2.43. The lowest BCUT2D eigenvalue weighted by Gasteiger charge is -2.39. The van der Waals surface area contributed by atoms with Crippen LogP contribution in [0.5, 0.6) is 5.75 Å². The molecule has 9 rings (SSSR count). The minimum Gasteiger partial charge on any atom is -0.497 e.